The van der Waals surface area contributed by atoms with Gasteiger partial charge in [-0.2, -0.15) is 13.2 Å². The zero-order valence-electron chi connectivity index (χ0n) is 20.0. The number of alkyl halides is 3. The van der Waals surface area contributed by atoms with E-state index in [0.29, 0.717) is 54.1 Å². The van der Waals surface area contributed by atoms with E-state index in [1.807, 2.05) is 0 Å². The number of ether oxygens (including phenoxy) is 3. The number of methoxy groups -OCH3 is 1. The molecule has 1 saturated heterocycles. The molecule has 0 bridgehead atoms. The van der Waals surface area contributed by atoms with Gasteiger partial charge in [-0.15, -0.1) is 0 Å². The zero-order chi connectivity index (χ0) is 26.6. The van der Waals surface area contributed by atoms with Crippen LogP contribution in [0.3, 0.4) is 0 Å². The number of hydrogen-bond donors (Lipinski definition) is 2. The molecule has 37 heavy (non-hydrogen) atoms. The third-order valence-electron chi connectivity index (χ3n) is 5.85. The number of nitrogens with zero attached hydrogens (tertiary/aromatic N) is 1. The number of nitrogens with two attached hydrogens (primary N) is 1. The van der Waals surface area contributed by atoms with Crippen LogP contribution in [0, 0.1) is 0 Å². The fourth-order valence-electron chi connectivity index (χ4n) is 4.24. The molecule has 0 unspecified atom stereocenters. The quantitative estimate of drug-likeness (QED) is 0.427. The Bertz CT molecular complexity index is 1280. The van der Waals surface area contributed by atoms with Crippen molar-refractivity contribution in [2.24, 2.45) is 5.73 Å². The number of rotatable bonds is 8. The minimum atomic E-state index is -4.55. The Morgan fingerprint density at radius 3 is 2.57 bits per heavy atom. The Hall–Kier alpha value is -3.77. The number of urea groups is 1. The second kappa shape index (κ2) is 11.1. The lowest BCUT2D eigenvalue weighted by Crippen LogP contribution is -2.38. The molecule has 0 spiro atoms. The fraction of sp³-hybridized carbons (Fsp3) is 0.360. The smallest absolute Gasteiger partial charge is 0.396 e. The van der Waals surface area contributed by atoms with Crippen molar-refractivity contribution in [1.82, 2.24) is 4.90 Å². The summed E-state index contributed by atoms with van der Waals surface area (Å²) in [7, 11) is 1.11. The molecule has 1 aliphatic rings. The number of esters is 1. The zero-order valence-corrected chi connectivity index (χ0v) is 20.0. The average molecular weight is 521 g/mol. The number of halogens is 3. The molecule has 0 radical (unpaired) electrons. The van der Waals surface area contributed by atoms with Crippen LogP contribution in [0.4, 0.5) is 23.7 Å². The SMILES string of the molecule is COC(=O)c1oc(CC(F)(F)F)cc1-c1cccc2c(NC(N)=O)ccc(OCCN3CCOCC3)c12. The molecule has 3 N–H and O–H groups in total. The molecule has 3 aromatic rings. The van der Waals surface area contributed by atoms with Gasteiger partial charge in [-0.25, -0.2) is 9.59 Å². The lowest BCUT2D eigenvalue weighted by molar-refractivity contribution is -0.130. The van der Waals surface area contributed by atoms with Crippen molar-refractivity contribution in [3.05, 3.63) is 47.9 Å². The maximum Gasteiger partial charge on any atom is 0.396 e. The monoisotopic (exact) mass is 521 g/mol. The first-order valence-corrected chi connectivity index (χ1v) is 11.5. The lowest BCUT2D eigenvalue weighted by Gasteiger charge is -2.26. The van der Waals surface area contributed by atoms with Crippen molar-refractivity contribution in [1.29, 1.82) is 0 Å². The van der Waals surface area contributed by atoms with Crippen LogP contribution in [-0.4, -0.2) is 69.6 Å². The van der Waals surface area contributed by atoms with Crippen molar-refractivity contribution in [2.75, 3.05) is 51.9 Å². The number of fused-ring (bicyclic) bond motifs is 1. The van der Waals surface area contributed by atoms with Crippen LogP contribution in [0.2, 0.25) is 0 Å². The van der Waals surface area contributed by atoms with Crippen LogP contribution >= 0.6 is 0 Å². The van der Waals surface area contributed by atoms with Crippen molar-refractivity contribution >= 4 is 28.5 Å². The van der Waals surface area contributed by atoms with Gasteiger partial charge in [0.05, 0.1) is 26.0 Å². The second-order valence-corrected chi connectivity index (χ2v) is 8.37. The van der Waals surface area contributed by atoms with E-state index < -0.39 is 30.4 Å². The average Bonchev–Trinajstić information content (AvgIpc) is 3.26. The molecule has 2 heterocycles. The van der Waals surface area contributed by atoms with Gasteiger partial charge >= 0.3 is 18.2 Å². The van der Waals surface area contributed by atoms with Crippen molar-refractivity contribution in [2.45, 2.75) is 12.6 Å². The number of hydrogen-bond acceptors (Lipinski definition) is 7. The Labute approximate surface area is 210 Å². The molecular weight excluding hydrogens is 495 g/mol. The Morgan fingerprint density at radius 1 is 1.14 bits per heavy atom. The van der Waals surface area contributed by atoms with Gasteiger partial charge < -0.3 is 29.7 Å². The van der Waals surface area contributed by atoms with E-state index >= 15 is 0 Å². The summed E-state index contributed by atoms with van der Waals surface area (Å²) < 4.78 is 60.8. The van der Waals surface area contributed by atoms with Crippen LogP contribution in [0.5, 0.6) is 5.75 Å². The van der Waals surface area contributed by atoms with Gasteiger partial charge in [-0.1, -0.05) is 18.2 Å². The summed E-state index contributed by atoms with van der Waals surface area (Å²) in [6.07, 6.45) is -5.91. The number of furan rings is 1. The van der Waals surface area contributed by atoms with Gasteiger partial charge in [0.15, 0.2) is 0 Å². The summed E-state index contributed by atoms with van der Waals surface area (Å²) in [5, 5.41) is 3.51. The summed E-state index contributed by atoms with van der Waals surface area (Å²) in [6.45, 7) is 3.77. The maximum absolute atomic E-state index is 13.1. The minimum absolute atomic E-state index is 0.103. The molecule has 0 saturated carbocycles. The molecule has 1 fully saturated rings. The molecule has 0 aliphatic carbocycles. The van der Waals surface area contributed by atoms with Gasteiger partial charge in [0, 0.05) is 36.0 Å². The molecule has 4 rings (SSSR count). The van der Waals surface area contributed by atoms with E-state index in [-0.39, 0.29) is 11.3 Å². The predicted molar refractivity (Wildman–Crippen MR) is 129 cm³/mol. The summed E-state index contributed by atoms with van der Waals surface area (Å²) in [5.74, 6) is -1.34. The Kier molecular flexibility index (Phi) is 7.89. The minimum Gasteiger partial charge on any atom is -0.492 e. The number of amides is 2. The van der Waals surface area contributed by atoms with Gasteiger partial charge in [-0.05, 0) is 23.8 Å². The fourth-order valence-corrected chi connectivity index (χ4v) is 4.24. The molecule has 1 aromatic heterocycles. The molecule has 12 heteroatoms. The first kappa shape index (κ1) is 26.3. The molecule has 9 nitrogen and oxygen atoms in total. The van der Waals surface area contributed by atoms with Crippen molar-refractivity contribution in [3.63, 3.8) is 0 Å². The molecular formula is C25H26F3N3O6. The molecule has 1 aliphatic heterocycles. The number of primary amides is 1. The van der Waals surface area contributed by atoms with Crippen LogP contribution < -0.4 is 15.8 Å². The number of anilines is 1. The van der Waals surface area contributed by atoms with Crippen molar-refractivity contribution in [3.8, 4) is 16.9 Å². The standard InChI is InChI=1S/C25H26F3N3O6/c1-34-23(32)22-18(13-15(37-22)14-25(26,27)28)16-3-2-4-17-19(30-24(29)33)5-6-20(21(16)17)36-12-9-31-7-10-35-11-8-31/h2-6,13H,7-12,14H2,1H3,(H3,29,30,33). The number of benzene rings is 2. The highest BCUT2D eigenvalue weighted by Gasteiger charge is 2.32. The largest absolute Gasteiger partial charge is 0.492 e. The number of carbonyl (C=O) groups is 2. The van der Waals surface area contributed by atoms with Crippen molar-refractivity contribution < 1.29 is 41.4 Å². The summed E-state index contributed by atoms with van der Waals surface area (Å²) in [4.78, 5) is 26.2. The van der Waals surface area contributed by atoms with Crippen LogP contribution in [-0.2, 0) is 15.9 Å². The first-order chi connectivity index (χ1) is 17.7. The van der Waals surface area contributed by atoms with E-state index in [0.717, 1.165) is 20.2 Å². The van der Waals surface area contributed by atoms with Gasteiger partial charge in [0.1, 0.15) is 24.5 Å². The highest BCUT2D eigenvalue weighted by atomic mass is 19.4. The molecule has 198 valence electrons. The van der Waals surface area contributed by atoms with Gasteiger partial charge in [0.2, 0.25) is 5.76 Å². The van der Waals surface area contributed by atoms with Crippen LogP contribution in [0.15, 0.2) is 40.8 Å². The maximum atomic E-state index is 13.1. The highest BCUT2D eigenvalue weighted by Crippen LogP contribution is 2.41. The lowest BCUT2D eigenvalue weighted by atomic mass is 9.96. The van der Waals surface area contributed by atoms with Crippen LogP contribution in [0.25, 0.3) is 21.9 Å². The Balaban J connectivity index is 1.81. The summed E-state index contributed by atoms with van der Waals surface area (Å²) in [6, 6.07) is 8.59. The number of nitrogens with one attached hydrogen (secondary N) is 1. The van der Waals surface area contributed by atoms with Crippen LogP contribution in [0.1, 0.15) is 16.3 Å². The third-order valence-corrected chi connectivity index (χ3v) is 5.85. The van der Waals surface area contributed by atoms with E-state index in [2.05, 4.69) is 10.2 Å². The Morgan fingerprint density at radius 2 is 1.89 bits per heavy atom. The highest BCUT2D eigenvalue weighted by molar-refractivity contribution is 6.11. The second-order valence-electron chi connectivity index (χ2n) is 8.37. The van der Waals surface area contributed by atoms with E-state index in [1.165, 1.54) is 6.07 Å². The third kappa shape index (κ3) is 6.33. The topological polar surface area (TPSA) is 116 Å². The van der Waals surface area contributed by atoms with Gasteiger partial charge in [-0.3, -0.25) is 4.90 Å². The predicted octanol–water partition coefficient (Wildman–Crippen LogP) is 4.19. The molecule has 2 aromatic carbocycles. The normalized spacial score (nSPS) is 14.5. The number of morpholine rings is 1. The first-order valence-electron chi connectivity index (χ1n) is 11.5. The van der Waals surface area contributed by atoms with E-state index in [9.17, 15) is 22.8 Å². The molecule has 2 amide bonds. The van der Waals surface area contributed by atoms with E-state index in [1.54, 1.807) is 30.3 Å². The summed E-state index contributed by atoms with van der Waals surface area (Å²) >= 11 is 0. The van der Waals surface area contributed by atoms with Gasteiger partial charge in [0.25, 0.3) is 0 Å². The summed E-state index contributed by atoms with van der Waals surface area (Å²) in [5.41, 5.74) is 6.16. The van der Waals surface area contributed by atoms with E-state index in [4.69, 9.17) is 24.4 Å². The molecule has 0 atom stereocenters. The number of carbonyl (C=O) groups excluding carboxylic acids is 2.